The summed E-state index contributed by atoms with van der Waals surface area (Å²) >= 11 is 0. The van der Waals surface area contributed by atoms with E-state index < -0.39 is 21.4 Å². The Morgan fingerprint density at radius 2 is 1.90 bits per heavy atom. The predicted octanol–water partition coefficient (Wildman–Crippen LogP) is -0.236. The van der Waals surface area contributed by atoms with Gasteiger partial charge < -0.3 is 14.4 Å². The van der Waals surface area contributed by atoms with Gasteiger partial charge in [-0.25, -0.2) is 13.1 Å². The van der Waals surface area contributed by atoms with Crippen molar-refractivity contribution in [2.24, 2.45) is 0 Å². The van der Waals surface area contributed by atoms with E-state index in [1.165, 1.54) is 18.2 Å². The lowest BCUT2D eigenvalue weighted by Crippen LogP contribution is -2.44. The minimum Gasteiger partial charge on any atom is -0.466 e. The van der Waals surface area contributed by atoms with Crippen LogP contribution in [0.1, 0.15) is 12.6 Å². The molecule has 1 fully saturated rings. The van der Waals surface area contributed by atoms with E-state index in [9.17, 15) is 22.8 Å². The highest BCUT2D eigenvalue weighted by molar-refractivity contribution is 7.90. The van der Waals surface area contributed by atoms with Crippen LogP contribution in [-0.4, -0.2) is 74.1 Å². The molecule has 1 aromatic carbocycles. The monoisotopic (exact) mass is 437 g/mol. The summed E-state index contributed by atoms with van der Waals surface area (Å²) in [5.41, 5.74) is -0.373. The van der Waals surface area contributed by atoms with Crippen molar-refractivity contribution in [1.82, 2.24) is 14.7 Å². The van der Waals surface area contributed by atoms with Crippen molar-refractivity contribution in [2.75, 3.05) is 39.2 Å². The molecule has 10 nitrogen and oxygen atoms in total. The Kier molecular flexibility index (Phi) is 6.52. The van der Waals surface area contributed by atoms with Crippen molar-refractivity contribution >= 4 is 32.5 Å². The Bertz CT molecular complexity index is 1130. The van der Waals surface area contributed by atoms with Crippen molar-refractivity contribution in [2.45, 2.75) is 24.8 Å². The van der Waals surface area contributed by atoms with E-state index in [0.29, 0.717) is 26.3 Å². The topological polar surface area (TPSA) is 125 Å². The number of carbonyl (C=O) groups is 2. The van der Waals surface area contributed by atoms with Crippen molar-refractivity contribution in [1.29, 1.82) is 0 Å². The second kappa shape index (κ2) is 8.92. The first-order valence-corrected chi connectivity index (χ1v) is 11.3. The number of benzene rings is 1. The van der Waals surface area contributed by atoms with Crippen molar-refractivity contribution < 1.29 is 27.5 Å². The van der Waals surface area contributed by atoms with Gasteiger partial charge in [0.25, 0.3) is 5.56 Å². The summed E-state index contributed by atoms with van der Waals surface area (Å²) in [6.45, 7) is 3.23. The van der Waals surface area contributed by atoms with Crippen molar-refractivity contribution in [3.63, 3.8) is 0 Å². The number of esters is 1. The van der Waals surface area contributed by atoms with Crippen LogP contribution >= 0.6 is 0 Å². The number of hydrogen-bond donors (Lipinski definition) is 0. The largest absolute Gasteiger partial charge is 0.466 e. The molecular formula is C19H23N3O7S. The molecule has 3 rings (SSSR count). The highest BCUT2D eigenvalue weighted by atomic mass is 32.2. The second-order valence-electron chi connectivity index (χ2n) is 6.86. The van der Waals surface area contributed by atoms with Gasteiger partial charge >= 0.3 is 5.97 Å². The van der Waals surface area contributed by atoms with E-state index >= 15 is 0 Å². The van der Waals surface area contributed by atoms with E-state index in [2.05, 4.69) is 5.10 Å². The van der Waals surface area contributed by atoms with Crippen LogP contribution in [0.25, 0.3) is 10.8 Å². The summed E-state index contributed by atoms with van der Waals surface area (Å²) < 4.78 is 35.1. The molecule has 1 amide bonds. The zero-order valence-electron chi connectivity index (χ0n) is 16.8. The molecule has 0 unspecified atom stereocenters. The first-order valence-electron chi connectivity index (χ1n) is 9.45. The summed E-state index contributed by atoms with van der Waals surface area (Å²) in [5, 5.41) is 4.62. The maximum absolute atomic E-state index is 12.9. The average molecular weight is 437 g/mol. The number of sulfone groups is 1. The minimum absolute atomic E-state index is 0.00320. The molecule has 0 N–H and O–H groups in total. The summed E-state index contributed by atoms with van der Waals surface area (Å²) in [6, 6.07) is 4.02. The lowest BCUT2D eigenvalue weighted by Gasteiger charge is -2.27. The number of rotatable bonds is 6. The molecule has 11 heteroatoms. The zero-order chi connectivity index (χ0) is 21.9. The fraction of sp³-hybridized carbons (Fsp3) is 0.474. The number of fused-ring (bicyclic) bond motifs is 1. The van der Waals surface area contributed by atoms with Crippen LogP contribution in [0.15, 0.2) is 27.9 Å². The van der Waals surface area contributed by atoms with Gasteiger partial charge in [-0.2, -0.15) is 5.10 Å². The molecule has 2 heterocycles. The number of ether oxygens (including phenoxy) is 2. The van der Waals surface area contributed by atoms with Crippen LogP contribution in [0.5, 0.6) is 0 Å². The molecule has 0 spiro atoms. The Balaban J connectivity index is 2.07. The number of nitrogens with zero attached hydrogens (tertiary/aromatic N) is 3. The van der Waals surface area contributed by atoms with Gasteiger partial charge in [0.15, 0.2) is 9.84 Å². The Morgan fingerprint density at radius 1 is 1.20 bits per heavy atom. The Hall–Kier alpha value is -2.79. The van der Waals surface area contributed by atoms with E-state index in [1.807, 2.05) is 0 Å². The zero-order valence-corrected chi connectivity index (χ0v) is 17.6. The van der Waals surface area contributed by atoms with Gasteiger partial charge in [0.2, 0.25) is 5.91 Å². The first-order chi connectivity index (χ1) is 14.2. The molecule has 0 bridgehead atoms. The lowest BCUT2D eigenvalue weighted by atomic mass is 10.1. The fourth-order valence-corrected chi connectivity index (χ4v) is 3.84. The predicted molar refractivity (Wildman–Crippen MR) is 107 cm³/mol. The molecule has 30 heavy (non-hydrogen) atoms. The smallest absolute Gasteiger partial charge is 0.311 e. The Labute approximate surface area is 173 Å². The van der Waals surface area contributed by atoms with Crippen molar-refractivity contribution in [3.05, 3.63) is 34.2 Å². The summed E-state index contributed by atoms with van der Waals surface area (Å²) in [5.74, 6) is -0.858. The van der Waals surface area contributed by atoms with Gasteiger partial charge in [0.1, 0.15) is 6.54 Å². The summed E-state index contributed by atoms with van der Waals surface area (Å²) in [6.07, 6.45) is 0.790. The SMILES string of the molecule is CCOC(=O)Cc1nn(CC(=O)N2CCOCC2)c(=O)c2ccc(S(C)(=O)=O)cc12. The molecule has 0 radical (unpaired) electrons. The van der Waals surface area contributed by atoms with E-state index in [4.69, 9.17) is 9.47 Å². The van der Waals surface area contributed by atoms with Gasteiger partial charge in [-0.3, -0.25) is 14.4 Å². The molecule has 0 saturated carbocycles. The van der Waals surface area contributed by atoms with Gasteiger partial charge in [-0.05, 0) is 25.1 Å². The fourth-order valence-electron chi connectivity index (χ4n) is 3.19. The number of aromatic nitrogens is 2. The molecule has 2 aromatic rings. The number of hydrogen-bond acceptors (Lipinski definition) is 8. The van der Waals surface area contributed by atoms with Gasteiger partial charge in [-0.1, -0.05) is 0 Å². The van der Waals surface area contributed by atoms with Crippen LogP contribution < -0.4 is 5.56 Å². The van der Waals surface area contributed by atoms with Crippen LogP contribution in [0.4, 0.5) is 0 Å². The first kappa shape index (κ1) is 21.9. The number of morpholine rings is 1. The molecule has 1 aromatic heterocycles. The highest BCUT2D eigenvalue weighted by Gasteiger charge is 2.21. The molecule has 0 aliphatic carbocycles. The molecule has 1 aliphatic rings. The lowest BCUT2D eigenvalue weighted by molar-refractivity contribution is -0.142. The third-order valence-electron chi connectivity index (χ3n) is 4.70. The van der Waals surface area contributed by atoms with Gasteiger partial charge in [0, 0.05) is 24.7 Å². The quantitative estimate of drug-likeness (QED) is 0.567. The normalized spacial score (nSPS) is 14.7. The van der Waals surface area contributed by atoms with Crippen LogP contribution in [0, 0.1) is 0 Å². The number of amides is 1. The van der Waals surface area contributed by atoms with E-state index in [-0.39, 0.29) is 46.8 Å². The van der Waals surface area contributed by atoms with E-state index in [1.54, 1.807) is 11.8 Å². The maximum atomic E-state index is 12.9. The Morgan fingerprint density at radius 3 is 2.53 bits per heavy atom. The van der Waals surface area contributed by atoms with E-state index in [0.717, 1.165) is 10.9 Å². The number of carbonyl (C=O) groups excluding carboxylic acids is 2. The molecule has 0 atom stereocenters. The van der Waals surface area contributed by atoms with Gasteiger partial charge in [-0.15, -0.1) is 0 Å². The highest BCUT2D eigenvalue weighted by Crippen LogP contribution is 2.20. The second-order valence-corrected chi connectivity index (χ2v) is 8.88. The van der Waals surface area contributed by atoms with Crippen LogP contribution in [0.2, 0.25) is 0 Å². The van der Waals surface area contributed by atoms with Crippen LogP contribution in [0.3, 0.4) is 0 Å². The maximum Gasteiger partial charge on any atom is 0.311 e. The molecule has 162 valence electrons. The standard InChI is InChI=1S/C19H23N3O7S/c1-3-29-18(24)11-16-15-10-13(30(2,26)27)4-5-14(15)19(25)22(20-16)12-17(23)21-6-8-28-9-7-21/h4-5,10H,3,6-9,11-12H2,1-2H3. The molecular weight excluding hydrogens is 414 g/mol. The average Bonchev–Trinajstić information content (AvgIpc) is 2.71. The van der Waals surface area contributed by atoms with Gasteiger partial charge in [0.05, 0.1) is 42.2 Å². The summed E-state index contributed by atoms with van der Waals surface area (Å²) in [4.78, 5) is 39.1. The third kappa shape index (κ3) is 4.85. The third-order valence-corrected chi connectivity index (χ3v) is 5.81. The molecule has 1 saturated heterocycles. The minimum atomic E-state index is -3.53. The summed E-state index contributed by atoms with van der Waals surface area (Å²) in [7, 11) is -3.53. The molecule has 1 aliphatic heterocycles. The van der Waals surface area contributed by atoms with Crippen molar-refractivity contribution in [3.8, 4) is 0 Å². The van der Waals surface area contributed by atoms with Crippen LogP contribution in [-0.2, 0) is 41.9 Å².